The van der Waals surface area contributed by atoms with Crippen molar-refractivity contribution in [2.24, 2.45) is 0 Å². The van der Waals surface area contributed by atoms with Crippen molar-refractivity contribution in [1.82, 2.24) is 10.3 Å². The summed E-state index contributed by atoms with van der Waals surface area (Å²) < 4.78 is 7.29. The summed E-state index contributed by atoms with van der Waals surface area (Å²) in [6.07, 6.45) is 2.67. The van der Waals surface area contributed by atoms with Gasteiger partial charge < -0.3 is 10.1 Å². The molecule has 0 unspecified atom stereocenters. The molecule has 0 saturated carbocycles. The zero-order chi connectivity index (χ0) is 18.5. The molecule has 0 saturated heterocycles. The third-order valence-electron chi connectivity index (χ3n) is 4.26. The number of nitrogens with one attached hydrogen (secondary N) is 2. The van der Waals surface area contributed by atoms with E-state index in [9.17, 15) is 4.79 Å². The van der Waals surface area contributed by atoms with Crippen LogP contribution in [0.3, 0.4) is 0 Å². The van der Waals surface area contributed by atoms with Crippen LogP contribution in [0.2, 0.25) is 5.02 Å². The van der Waals surface area contributed by atoms with E-state index in [1.165, 1.54) is 0 Å². The Labute approximate surface area is 157 Å². The van der Waals surface area contributed by atoms with Crippen molar-refractivity contribution >= 4 is 28.5 Å². The highest BCUT2D eigenvalue weighted by Gasteiger charge is 2.15. The smallest absolute Gasteiger partial charge is 0.251 e. The summed E-state index contributed by atoms with van der Waals surface area (Å²) in [5.41, 5.74) is 4.52. The first kappa shape index (κ1) is 18.4. The average Bonchev–Trinajstić information content (AvgIpc) is 3.07. The zero-order valence-electron chi connectivity index (χ0n) is 15.0. The van der Waals surface area contributed by atoms with Gasteiger partial charge in [0.25, 0.3) is 5.91 Å². The molecule has 1 aromatic heterocycles. The predicted molar refractivity (Wildman–Crippen MR) is 103 cm³/mol. The Morgan fingerprint density at radius 1 is 1.27 bits per heavy atom. The molecule has 0 aliphatic carbocycles. The van der Waals surface area contributed by atoms with E-state index in [2.05, 4.69) is 10.3 Å². The molecule has 3 rings (SSSR count). The molecule has 0 spiro atoms. The van der Waals surface area contributed by atoms with Crippen LogP contribution in [0.1, 0.15) is 29.3 Å². The molecule has 3 aromatic rings. The van der Waals surface area contributed by atoms with Crippen molar-refractivity contribution in [2.75, 3.05) is 19.8 Å². The minimum atomic E-state index is -0.0806. The first-order valence-electron chi connectivity index (χ1n) is 8.75. The number of rotatable bonds is 7. The Kier molecular flexibility index (Phi) is 5.91. The maximum atomic E-state index is 12.3. The van der Waals surface area contributed by atoms with Crippen LogP contribution in [0.4, 0.5) is 0 Å². The maximum Gasteiger partial charge on any atom is 0.251 e. The number of hydrogen-bond acceptors (Lipinski definition) is 2. The van der Waals surface area contributed by atoms with E-state index >= 15 is 0 Å². The largest absolute Gasteiger partial charge is 0.382 e. The Morgan fingerprint density at radius 3 is 2.88 bits per heavy atom. The zero-order valence-corrected chi connectivity index (χ0v) is 15.8. The summed E-state index contributed by atoms with van der Waals surface area (Å²) >= 11 is 6.24. The number of carbonyl (C=O) groups excluding carboxylic acids is 1. The number of carbonyl (C=O) groups is 1. The molecule has 0 radical (unpaired) electrons. The topological polar surface area (TPSA) is 58.0 Å². The van der Waals surface area contributed by atoms with E-state index in [4.69, 9.17) is 16.3 Å². The molecule has 0 aliphatic heterocycles. The number of nitrogens with zero attached hydrogens (tertiary/aromatic N) is 1. The van der Waals surface area contributed by atoms with Crippen LogP contribution < -0.4 is 9.88 Å². The Morgan fingerprint density at radius 2 is 2.12 bits per heavy atom. The van der Waals surface area contributed by atoms with E-state index in [0.29, 0.717) is 25.3 Å². The van der Waals surface area contributed by atoms with Gasteiger partial charge in [-0.1, -0.05) is 17.7 Å². The van der Waals surface area contributed by atoms with E-state index in [0.717, 1.165) is 33.7 Å². The van der Waals surface area contributed by atoms with Gasteiger partial charge in [0.05, 0.1) is 0 Å². The molecule has 1 amide bonds. The maximum absolute atomic E-state index is 12.3. The fraction of sp³-hybridized carbons (Fsp3) is 0.300. The van der Waals surface area contributed by atoms with Crippen molar-refractivity contribution in [1.29, 1.82) is 0 Å². The van der Waals surface area contributed by atoms with Crippen molar-refractivity contribution in [3.8, 4) is 5.69 Å². The molecular formula is C20H23ClN3O2+. The molecule has 6 heteroatoms. The molecule has 26 heavy (non-hydrogen) atoms. The standard InChI is InChI=1S/C20H22ClN3O2/c1-3-26-10-4-9-22-20(25)15-6-8-19-18(11-15)23-13-24(19)16-7-5-14(2)17(21)12-16/h5-8,11-13H,3-4,9-10H2,1-2H3,(H,22,25)/p+1. The van der Waals surface area contributed by atoms with Gasteiger partial charge in [-0.05, 0) is 44.0 Å². The summed E-state index contributed by atoms with van der Waals surface area (Å²) in [6.45, 7) is 5.89. The van der Waals surface area contributed by atoms with Crippen LogP contribution >= 0.6 is 11.6 Å². The van der Waals surface area contributed by atoms with Crippen LogP contribution in [-0.4, -0.2) is 30.6 Å². The lowest BCUT2D eigenvalue weighted by atomic mass is 10.1. The average molecular weight is 373 g/mol. The third-order valence-corrected chi connectivity index (χ3v) is 4.66. The summed E-state index contributed by atoms with van der Waals surface area (Å²) in [5.74, 6) is -0.0806. The molecule has 1 heterocycles. The fourth-order valence-electron chi connectivity index (χ4n) is 2.77. The highest BCUT2D eigenvalue weighted by molar-refractivity contribution is 6.31. The van der Waals surface area contributed by atoms with Crippen molar-refractivity contribution in [2.45, 2.75) is 20.3 Å². The number of benzene rings is 2. The van der Waals surface area contributed by atoms with Crippen molar-refractivity contribution < 1.29 is 14.1 Å². The monoisotopic (exact) mass is 372 g/mol. The summed E-state index contributed by atoms with van der Waals surface area (Å²) in [7, 11) is 0. The Bertz CT molecular complexity index is 921. The molecule has 0 aliphatic rings. The van der Waals surface area contributed by atoms with Gasteiger partial charge >= 0.3 is 0 Å². The number of aromatic nitrogens is 2. The van der Waals surface area contributed by atoms with Gasteiger partial charge in [0.2, 0.25) is 6.33 Å². The van der Waals surface area contributed by atoms with Gasteiger partial charge in [-0.25, -0.2) is 4.98 Å². The number of hydrogen-bond donors (Lipinski definition) is 2. The van der Waals surface area contributed by atoms with E-state index in [1.54, 1.807) is 0 Å². The van der Waals surface area contributed by atoms with Gasteiger partial charge in [0.1, 0.15) is 5.69 Å². The molecule has 0 fully saturated rings. The van der Waals surface area contributed by atoms with Crippen LogP contribution in [-0.2, 0) is 4.74 Å². The normalized spacial score (nSPS) is 11.0. The van der Waals surface area contributed by atoms with Gasteiger partial charge in [-0.2, -0.15) is 4.57 Å². The Hall–Kier alpha value is -2.37. The van der Waals surface area contributed by atoms with Gasteiger partial charge in [0.15, 0.2) is 11.0 Å². The number of fused-ring (bicyclic) bond motifs is 1. The SMILES string of the molecule is CCOCCCNC(=O)c1ccc2c(c1)[nH]c[n+]2-c1ccc(C)c(Cl)c1. The summed E-state index contributed by atoms with van der Waals surface area (Å²) in [4.78, 5) is 15.5. The minimum Gasteiger partial charge on any atom is -0.382 e. The lowest BCUT2D eigenvalue weighted by Crippen LogP contribution is -2.28. The number of amides is 1. The molecule has 0 bridgehead atoms. The first-order valence-corrected chi connectivity index (χ1v) is 9.13. The third kappa shape index (κ3) is 4.06. The molecule has 2 aromatic carbocycles. The second-order valence-electron chi connectivity index (χ2n) is 6.12. The second-order valence-corrected chi connectivity index (χ2v) is 6.52. The number of halogens is 1. The highest BCUT2D eigenvalue weighted by Crippen LogP contribution is 2.18. The molecule has 136 valence electrons. The van der Waals surface area contributed by atoms with E-state index in [1.807, 2.05) is 61.1 Å². The number of aryl methyl sites for hydroxylation is 1. The minimum absolute atomic E-state index is 0.0806. The lowest BCUT2D eigenvalue weighted by molar-refractivity contribution is -0.567. The van der Waals surface area contributed by atoms with E-state index < -0.39 is 0 Å². The van der Waals surface area contributed by atoms with Crippen molar-refractivity contribution in [3.63, 3.8) is 0 Å². The molecule has 0 atom stereocenters. The van der Waals surface area contributed by atoms with Gasteiger partial charge in [0, 0.05) is 42.5 Å². The van der Waals surface area contributed by atoms with E-state index in [-0.39, 0.29) is 5.91 Å². The number of ether oxygens (including phenoxy) is 1. The second kappa shape index (κ2) is 8.34. The summed E-state index contributed by atoms with van der Waals surface area (Å²) in [5, 5.41) is 3.65. The van der Waals surface area contributed by atoms with Crippen LogP contribution in [0.5, 0.6) is 0 Å². The molecular weight excluding hydrogens is 350 g/mol. The van der Waals surface area contributed by atoms with Crippen LogP contribution in [0.25, 0.3) is 16.7 Å². The predicted octanol–water partition coefficient (Wildman–Crippen LogP) is 3.56. The summed E-state index contributed by atoms with van der Waals surface area (Å²) in [6, 6.07) is 11.6. The van der Waals surface area contributed by atoms with Gasteiger partial charge in [-0.3, -0.25) is 4.79 Å². The molecule has 5 nitrogen and oxygen atoms in total. The van der Waals surface area contributed by atoms with Crippen LogP contribution in [0.15, 0.2) is 42.7 Å². The quantitative estimate of drug-likeness (QED) is 0.492. The highest BCUT2D eigenvalue weighted by atomic mass is 35.5. The number of H-pyrrole nitrogens is 1. The first-order chi connectivity index (χ1) is 12.6. The van der Waals surface area contributed by atoms with Crippen molar-refractivity contribution in [3.05, 3.63) is 58.9 Å². The number of aromatic amines is 1. The molecule has 2 N–H and O–H groups in total. The number of imidazole rings is 1. The van der Waals surface area contributed by atoms with Gasteiger partial charge in [-0.15, -0.1) is 0 Å². The van der Waals surface area contributed by atoms with Crippen LogP contribution in [0, 0.1) is 6.92 Å². The fourth-order valence-corrected chi connectivity index (χ4v) is 2.95. The Balaban J connectivity index is 1.76. The lowest BCUT2D eigenvalue weighted by Gasteiger charge is -2.05.